The van der Waals surface area contributed by atoms with Crippen molar-refractivity contribution in [3.8, 4) is 0 Å². The number of hydrogen-bond donors (Lipinski definition) is 4. The van der Waals surface area contributed by atoms with E-state index < -0.39 is 5.91 Å². The van der Waals surface area contributed by atoms with E-state index in [1.807, 2.05) is 12.1 Å². The Morgan fingerprint density at radius 3 is 1.94 bits per heavy atom. The molecule has 0 bridgehead atoms. The van der Waals surface area contributed by atoms with Crippen molar-refractivity contribution in [1.29, 1.82) is 0 Å². The van der Waals surface area contributed by atoms with Gasteiger partial charge in [-0.1, -0.05) is 52.2 Å². The molecule has 2 aromatic carbocycles. The number of benzene rings is 2. The quantitative estimate of drug-likeness (QED) is 0.383. The van der Waals surface area contributed by atoms with Gasteiger partial charge in [0.2, 0.25) is 5.91 Å². The van der Waals surface area contributed by atoms with Gasteiger partial charge in [-0.25, -0.2) is 0 Å². The molecule has 1 saturated carbocycles. The Hall–Kier alpha value is -3.26. The number of amides is 3. The van der Waals surface area contributed by atoms with E-state index in [0.29, 0.717) is 16.8 Å². The van der Waals surface area contributed by atoms with Gasteiger partial charge in [0.25, 0.3) is 11.8 Å². The largest absolute Gasteiger partial charge is 0.326 e. The average Bonchev–Trinajstić information content (AvgIpc) is 2.83. The second kappa shape index (κ2) is 11.2. The highest BCUT2D eigenvalue weighted by Crippen LogP contribution is 2.25. The molecule has 8 heteroatoms. The van der Waals surface area contributed by atoms with Crippen molar-refractivity contribution in [2.45, 2.75) is 58.3 Å². The summed E-state index contributed by atoms with van der Waals surface area (Å²) < 4.78 is 0. The molecule has 0 spiro atoms. The molecule has 7 nitrogen and oxygen atoms in total. The number of thiocarbonyl (C=S) groups is 1. The summed E-state index contributed by atoms with van der Waals surface area (Å²) >= 11 is 5.11. The lowest BCUT2D eigenvalue weighted by Crippen LogP contribution is -2.48. The Morgan fingerprint density at radius 1 is 0.794 bits per heavy atom. The van der Waals surface area contributed by atoms with E-state index in [1.165, 1.54) is 6.42 Å². The van der Waals surface area contributed by atoms with Crippen LogP contribution in [0, 0.1) is 5.92 Å². The molecule has 0 saturated heterocycles. The lowest BCUT2D eigenvalue weighted by molar-refractivity contribution is -0.120. The SMILES string of the molecule is CC(C)(C)c1ccc(C(=O)NC(=S)NNC(=O)c2ccc(NC(=O)C3CCCCC3)cc2)cc1. The molecular formula is C26H32N4O3S. The molecular weight excluding hydrogens is 448 g/mol. The zero-order chi connectivity index (χ0) is 24.7. The minimum absolute atomic E-state index is 0.00464. The smallest absolute Gasteiger partial charge is 0.269 e. The summed E-state index contributed by atoms with van der Waals surface area (Å²) in [6.07, 6.45) is 5.23. The van der Waals surface area contributed by atoms with E-state index in [9.17, 15) is 14.4 Å². The molecule has 34 heavy (non-hydrogen) atoms. The fraction of sp³-hybridized carbons (Fsp3) is 0.385. The van der Waals surface area contributed by atoms with Crippen LogP contribution in [0.5, 0.6) is 0 Å². The molecule has 2 aromatic rings. The van der Waals surface area contributed by atoms with Crippen LogP contribution >= 0.6 is 12.2 Å². The Morgan fingerprint density at radius 2 is 1.35 bits per heavy atom. The van der Waals surface area contributed by atoms with Crippen LogP contribution in [0.15, 0.2) is 48.5 Å². The molecule has 180 valence electrons. The van der Waals surface area contributed by atoms with Crippen molar-refractivity contribution in [3.63, 3.8) is 0 Å². The molecule has 1 fully saturated rings. The fourth-order valence-corrected chi connectivity index (χ4v) is 3.97. The first kappa shape index (κ1) is 25.4. The van der Waals surface area contributed by atoms with Crippen LogP contribution in [-0.4, -0.2) is 22.8 Å². The normalized spacial score (nSPS) is 14.1. The molecule has 0 unspecified atom stereocenters. The van der Waals surface area contributed by atoms with Gasteiger partial charge in [0.1, 0.15) is 0 Å². The van der Waals surface area contributed by atoms with Crippen molar-refractivity contribution in [2.24, 2.45) is 5.92 Å². The topological polar surface area (TPSA) is 99.3 Å². The Balaban J connectivity index is 1.45. The third-order valence-corrected chi connectivity index (χ3v) is 6.12. The number of carbonyl (C=O) groups excluding carboxylic acids is 3. The van der Waals surface area contributed by atoms with Gasteiger partial charge in [0.15, 0.2) is 5.11 Å². The first-order valence-electron chi connectivity index (χ1n) is 11.6. The van der Waals surface area contributed by atoms with Gasteiger partial charge >= 0.3 is 0 Å². The van der Waals surface area contributed by atoms with Crippen LogP contribution in [-0.2, 0) is 10.2 Å². The van der Waals surface area contributed by atoms with Crippen molar-refractivity contribution >= 4 is 40.7 Å². The molecule has 4 N–H and O–H groups in total. The van der Waals surface area contributed by atoms with Crippen LogP contribution in [0.2, 0.25) is 0 Å². The van der Waals surface area contributed by atoms with E-state index in [0.717, 1.165) is 31.2 Å². The summed E-state index contributed by atoms with van der Waals surface area (Å²) in [6, 6.07) is 13.9. The van der Waals surface area contributed by atoms with Crippen LogP contribution < -0.4 is 21.5 Å². The third kappa shape index (κ3) is 7.12. The molecule has 0 heterocycles. The van der Waals surface area contributed by atoms with E-state index >= 15 is 0 Å². The molecule has 0 radical (unpaired) electrons. The molecule has 0 aromatic heterocycles. The van der Waals surface area contributed by atoms with Crippen LogP contribution in [0.1, 0.15) is 79.2 Å². The lowest BCUT2D eigenvalue weighted by Gasteiger charge is -2.20. The second-order valence-corrected chi connectivity index (χ2v) is 10.00. The number of nitrogens with one attached hydrogen (secondary N) is 4. The monoisotopic (exact) mass is 480 g/mol. The summed E-state index contributed by atoms with van der Waals surface area (Å²) in [5, 5.41) is 5.45. The zero-order valence-corrected chi connectivity index (χ0v) is 20.7. The molecule has 0 atom stereocenters. The van der Waals surface area contributed by atoms with Gasteiger partial charge in [-0.2, -0.15) is 0 Å². The fourth-order valence-electron chi connectivity index (χ4n) is 3.83. The van der Waals surface area contributed by atoms with E-state index in [2.05, 4.69) is 42.3 Å². The van der Waals surface area contributed by atoms with Gasteiger partial charge in [0, 0.05) is 22.7 Å². The highest BCUT2D eigenvalue weighted by molar-refractivity contribution is 7.80. The van der Waals surface area contributed by atoms with E-state index in [4.69, 9.17) is 12.2 Å². The maximum Gasteiger partial charge on any atom is 0.269 e. The maximum absolute atomic E-state index is 12.4. The first-order valence-corrected chi connectivity index (χ1v) is 12.0. The van der Waals surface area contributed by atoms with Crippen LogP contribution in [0.4, 0.5) is 5.69 Å². The number of rotatable bonds is 4. The zero-order valence-electron chi connectivity index (χ0n) is 19.9. The van der Waals surface area contributed by atoms with Crippen LogP contribution in [0.25, 0.3) is 0 Å². The molecule has 0 aliphatic heterocycles. The highest BCUT2D eigenvalue weighted by Gasteiger charge is 2.21. The van der Waals surface area contributed by atoms with Gasteiger partial charge in [-0.05, 0) is 72.4 Å². The molecule has 3 amide bonds. The van der Waals surface area contributed by atoms with Gasteiger partial charge in [-0.3, -0.25) is 30.6 Å². The average molecular weight is 481 g/mol. The summed E-state index contributed by atoms with van der Waals surface area (Å²) in [6.45, 7) is 6.31. The third-order valence-electron chi connectivity index (χ3n) is 5.92. The predicted molar refractivity (Wildman–Crippen MR) is 137 cm³/mol. The van der Waals surface area contributed by atoms with E-state index in [1.54, 1.807) is 36.4 Å². The highest BCUT2D eigenvalue weighted by atomic mass is 32.1. The van der Waals surface area contributed by atoms with Gasteiger partial charge in [0.05, 0.1) is 0 Å². The minimum Gasteiger partial charge on any atom is -0.326 e. The van der Waals surface area contributed by atoms with Crippen molar-refractivity contribution in [2.75, 3.05) is 5.32 Å². The Kier molecular flexibility index (Phi) is 8.39. The minimum atomic E-state index is -0.420. The number of anilines is 1. The molecule has 1 aliphatic rings. The lowest BCUT2D eigenvalue weighted by atomic mass is 9.87. The van der Waals surface area contributed by atoms with Crippen molar-refractivity contribution in [3.05, 3.63) is 65.2 Å². The number of carbonyl (C=O) groups is 3. The van der Waals surface area contributed by atoms with Crippen molar-refractivity contribution < 1.29 is 14.4 Å². The van der Waals surface area contributed by atoms with Gasteiger partial charge in [-0.15, -0.1) is 0 Å². The van der Waals surface area contributed by atoms with E-state index in [-0.39, 0.29) is 28.3 Å². The number of hydrazine groups is 1. The maximum atomic E-state index is 12.4. The summed E-state index contributed by atoms with van der Waals surface area (Å²) in [5.74, 6) is -0.692. The van der Waals surface area contributed by atoms with Gasteiger partial charge < -0.3 is 5.32 Å². The standard InChI is InChI=1S/C26H32N4O3S/c1-26(2,3)20-13-9-18(10-14-20)23(32)28-25(34)30-29-24(33)19-11-15-21(16-12-19)27-22(31)17-7-5-4-6-8-17/h9-17H,4-8H2,1-3H3,(H,27,31)(H,29,33)(H2,28,30,32,34). The number of hydrogen-bond acceptors (Lipinski definition) is 4. The Labute approximate surface area is 206 Å². The summed E-state index contributed by atoms with van der Waals surface area (Å²) in [4.78, 5) is 37.1. The second-order valence-electron chi connectivity index (χ2n) is 9.59. The van der Waals surface area contributed by atoms with Crippen molar-refractivity contribution in [1.82, 2.24) is 16.2 Å². The Bertz CT molecular complexity index is 1040. The first-order chi connectivity index (χ1) is 16.1. The van der Waals surface area contributed by atoms with Crippen LogP contribution in [0.3, 0.4) is 0 Å². The summed E-state index contributed by atoms with van der Waals surface area (Å²) in [7, 11) is 0. The summed E-state index contributed by atoms with van der Waals surface area (Å²) in [5.41, 5.74) is 7.62. The predicted octanol–water partition coefficient (Wildman–Crippen LogP) is 4.45. The molecule has 1 aliphatic carbocycles. The molecule has 3 rings (SSSR count).